The molecule has 1 amide bonds. The number of hydrogen-bond donors (Lipinski definition) is 4. The average Bonchev–Trinajstić information content (AvgIpc) is 2.54. The van der Waals surface area contributed by atoms with Gasteiger partial charge in [0.25, 0.3) is 0 Å². The number of nitrogens with one attached hydrogen (secondary N) is 1. The summed E-state index contributed by atoms with van der Waals surface area (Å²) in [5.74, 6) is -2.55. The normalized spacial score (nSPS) is 15.7. The third-order valence-electron chi connectivity index (χ3n) is 2.67. The molecular formula is C13H24NO10P. The van der Waals surface area contributed by atoms with E-state index in [1.54, 1.807) is 13.8 Å². The lowest BCUT2D eigenvalue weighted by Gasteiger charge is -2.18. The van der Waals surface area contributed by atoms with Crippen molar-refractivity contribution < 1.29 is 47.8 Å². The number of aliphatic hydroxyl groups excluding tert-OH is 1. The molecule has 0 aromatic carbocycles. The highest BCUT2D eigenvalue weighted by Gasteiger charge is 2.28. The molecule has 0 aromatic heterocycles. The van der Waals surface area contributed by atoms with Crippen LogP contribution in [0.2, 0.25) is 0 Å². The van der Waals surface area contributed by atoms with Gasteiger partial charge in [0.1, 0.15) is 12.7 Å². The number of aliphatic hydroxyl groups is 1. The van der Waals surface area contributed by atoms with E-state index in [4.69, 9.17) is 5.11 Å². The number of carbonyl (C=O) groups is 3. The second kappa shape index (κ2) is 11.9. The summed E-state index contributed by atoms with van der Waals surface area (Å²) in [7, 11) is -4.67. The lowest BCUT2D eigenvalue weighted by molar-refractivity contribution is -0.146. The molecule has 0 aliphatic rings. The Balaban J connectivity index is 4.34. The molecule has 11 nitrogen and oxygen atoms in total. The first-order chi connectivity index (χ1) is 11.6. The third kappa shape index (κ3) is 11.6. The van der Waals surface area contributed by atoms with Gasteiger partial charge in [0, 0.05) is 12.8 Å². The van der Waals surface area contributed by atoms with Crippen LogP contribution in [0, 0.1) is 0 Å². The van der Waals surface area contributed by atoms with Crippen LogP contribution in [0.5, 0.6) is 0 Å². The zero-order valence-corrected chi connectivity index (χ0v) is 14.9. The van der Waals surface area contributed by atoms with Crippen molar-refractivity contribution in [3.05, 3.63) is 0 Å². The Morgan fingerprint density at radius 3 is 2.24 bits per heavy atom. The number of rotatable bonds is 13. The molecule has 0 fully saturated rings. The predicted octanol–water partition coefficient (Wildman–Crippen LogP) is -0.196. The largest absolute Gasteiger partial charge is 0.480 e. The van der Waals surface area contributed by atoms with Gasteiger partial charge < -0.3 is 25.2 Å². The number of amides is 1. The standard InChI is InChI=1S/C13H24NO10P/c1-3-5-11(16)14-10(13(18)19)8-24-25(20,21)23-7-9(15)6-22-12(17)4-2/h9-10,15H,3-8H2,1-2H3,(H,14,16)(H,18,19)(H,20,21). The average molecular weight is 385 g/mol. The molecule has 0 bridgehead atoms. The summed E-state index contributed by atoms with van der Waals surface area (Å²) in [6.45, 7) is 1.37. The summed E-state index contributed by atoms with van der Waals surface area (Å²) >= 11 is 0. The first-order valence-corrected chi connectivity index (χ1v) is 9.08. The van der Waals surface area contributed by atoms with Crippen LogP contribution >= 0.6 is 7.82 Å². The topological polar surface area (TPSA) is 169 Å². The number of hydrogen-bond acceptors (Lipinski definition) is 8. The smallest absolute Gasteiger partial charge is 0.472 e. The fraction of sp³-hybridized carbons (Fsp3) is 0.769. The highest BCUT2D eigenvalue weighted by molar-refractivity contribution is 7.47. The Hall–Kier alpha value is -1.52. The molecule has 0 heterocycles. The number of ether oxygens (including phenoxy) is 1. The van der Waals surface area contributed by atoms with Gasteiger partial charge in [-0.25, -0.2) is 9.36 Å². The summed E-state index contributed by atoms with van der Waals surface area (Å²) in [6.07, 6.45) is -0.657. The molecular weight excluding hydrogens is 361 g/mol. The van der Waals surface area contributed by atoms with Gasteiger partial charge in [-0.05, 0) is 6.42 Å². The monoisotopic (exact) mass is 385 g/mol. The number of esters is 1. The van der Waals surface area contributed by atoms with Crippen molar-refractivity contribution in [2.75, 3.05) is 19.8 Å². The Bertz CT molecular complexity index is 497. The summed E-state index contributed by atoms with van der Waals surface area (Å²) < 4.78 is 25.2. The Morgan fingerprint density at radius 1 is 1.12 bits per heavy atom. The Morgan fingerprint density at radius 2 is 1.72 bits per heavy atom. The van der Waals surface area contributed by atoms with Crippen molar-refractivity contribution in [2.24, 2.45) is 0 Å². The number of phosphoric acid groups is 1. The van der Waals surface area contributed by atoms with Crippen molar-refractivity contribution in [3.8, 4) is 0 Å². The molecule has 0 saturated heterocycles. The Kier molecular flexibility index (Phi) is 11.2. The molecule has 12 heteroatoms. The molecule has 0 saturated carbocycles. The molecule has 25 heavy (non-hydrogen) atoms. The molecule has 3 unspecified atom stereocenters. The zero-order chi connectivity index (χ0) is 19.5. The highest BCUT2D eigenvalue weighted by atomic mass is 31.2. The van der Waals surface area contributed by atoms with Crippen LogP contribution in [-0.4, -0.2) is 64.9 Å². The molecule has 0 radical (unpaired) electrons. The molecule has 0 spiro atoms. The van der Waals surface area contributed by atoms with E-state index in [2.05, 4.69) is 19.1 Å². The minimum Gasteiger partial charge on any atom is -0.480 e. The van der Waals surface area contributed by atoms with Gasteiger partial charge in [-0.1, -0.05) is 13.8 Å². The van der Waals surface area contributed by atoms with Crippen LogP contribution in [0.1, 0.15) is 33.1 Å². The van der Waals surface area contributed by atoms with Crippen LogP contribution in [0.25, 0.3) is 0 Å². The highest BCUT2D eigenvalue weighted by Crippen LogP contribution is 2.43. The van der Waals surface area contributed by atoms with Crippen LogP contribution in [0.3, 0.4) is 0 Å². The van der Waals surface area contributed by atoms with E-state index in [1.165, 1.54) is 0 Å². The van der Waals surface area contributed by atoms with E-state index in [0.29, 0.717) is 6.42 Å². The lowest BCUT2D eigenvalue weighted by atomic mass is 10.2. The van der Waals surface area contributed by atoms with Crippen molar-refractivity contribution in [1.29, 1.82) is 0 Å². The van der Waals surface area contributed by atoms with Gasteiger partial charge in [-0.15, -0.1) is 0 Å². The second-order valence-corrected chi connectivity index (χ2v) is 6.41. The van der Waals surface area contributed by atoms with Crippen molar-refractivity contribution in [2.45, 2.75) is 45.3 Å². The van der Waals surface area contributed by atoms with Crippen LogP contribution in [0.4, 0.5) is 0 Å². The predicted molar refractivity (Wildman–Crippen MR) is 83.5 cm³/mol. The minimum absolute atomic E-state index is 0.0970. The molecule has 0 rings (SSSR count). The van der Waals surface area contributed by atoms with Crippen LogP contribution in [0.15, 0.2) is 0 Å². The third-order valence-corrected chi connectivity index (χ3v) is 3.62. The summed E-state index contributed by atoms with van der Waals surface area (Å²) in [6, 6.07) is -1.53. The van der Waals surface area contributed by atoms with Crippen molar-refractivity contribution >= 4 is 25.7 Å². The van der Waals surface area contributed by atoms with E-state index in [1.807, 2.05) is 0 Å². The number of carboxylic acid groups (broad SMARTS) is 1. The molecule has 3 atom stereocenters. The maximum atomic E-state index is 11.6. The van der Waals surface area contributed by atoms with Gasteiger partial charge in [-0.3, -0.25) is 18.6 Å². The number of phosphoric ester groups is 1. The first kappa shape index (κ1) is 23.5. The fourth-order valence-electron chi connectivity index (χ4n) is 1.39. The van der Waals surface area contributed by atoms with Crippen molar-refractivity contribution in [1.82, 2.24) is 5.32 Å². The van der Waals surface area contributed by atoms with Gasteiger partial charge >= 0.3 is 19.8 Å². The zero-order valence-electron chi connectivity index (χ0n) is 14.0. The summed E-state index contributed by atoms with van der Waals surface area (Å²) in [5.41, 5.74) is 0. The van der Waals surface area contributed by atoms with Crippen LogP contribution in [-0.2, 0) is 32.7 Å². The van der Waals surface area contributed by atoms with E-state index in [-0.39, 0.29) is 12.8 Å². The lowest BCUT2D eigenvalue weighted by Crippen LogP contribution is -2.43. The number of aliphatic carboxylic acids is 1. The molecule has 0 aliphatic heterocycles. The second-order valence-electron chi connectivity index (χ2n) is 4.96. The summed E-state index contributed by atoms with van der Waals surface area (Å²) in [5, 5.41) is 20.6. The first-order valence-electron chi connectivity index (χ1n) is 7.59. The maximum Gasteiger partial charge on any atom is 0.472 e. The molecule has 4 N–H and O–H groups in total. The molecule has 146 valence electrons. The van der Waals surface area contributed by atoms with Gasteiger partial charge in [0.05, 0.1) is 13.2 Å². The van der Waals surface area contributed by atoms with E-state index in [0.717, 1.165) is 0 Å². The Labute approximate surface area is 144 Å². The number of carboxylic acids is 1. The fourth-order valence-corrected chi connectivity index (χ4v) is 2.17. The van der Waals surface area contributed by atoms with E-state index < -0.39 is 57.6 Å². The molecule has 0 aliphatic carbocycles. The molecule has 0 aromatic rings. The van der Waals surface area contributed by atoms with Crippen LogP contribution < -0.4 is 5.32 Å². The maximum absolute atomic E-state index is 11.6. The van der Waals surface area contributed by atoms with Gasteiger partial charge in [-0.2, -0.15) is 0 Å². The van der Waals surface area contributed by atoms with Gasteiger partial charge in [0.15, 0.2) is 6.04 Å². The number of carbonyl (C=O) groups excluding carboxylic acids is 2. The SMILES string of the molecule is CCCC(=O)NC(COP(=O)(O)OCC(O)COC(=O)CC)C(=O)O. The minimum atomic E-state index is -4.67. The van der Waals surface area contributed by atoms with Gasteiger partial charge in [0.2, 0.25) is 5.91 Å². The quantitative estimate of drug-likeness (QED) is 0.246. The van der Waals surface area contributed by atoms with Crippen molar-refractivity contribution in [3.63, 3.8) is 0 Å². The summed E-state index contributed by atoms with van der Waals surface area (Å²) in [4.78, 5) is 42.7. The van der Waals surface area contributed by atoms with E-state index >= 15 is 0 Å². The van der Waals surface area contributed by atoms with E-state index in [9.17, 15) is 28.9 Å².